The van der Waals surface area contributed by atoms with Gasteiger partial charge in [-0.25, -0.2) is 0 Å². The predicted octanol–water partition coefficient (Wildman–Crippen LogP) is 2.36. The Balaban J connectivity index is 1.94. The smallest absolute Gasteiger partial charge is 0.0695 e. The number of nitrogens with zero attached hydrogens (tertiary/aromatic N) is 3. The van der Waals surface area contributed by atoms with E-state index in [0.717, 1.165) is 19.5 Å². The zero-order valence-electron chi connectivity index (χ0n) is 12.0. The minimum Gasteiger partial charge on any atom is -0.363 e. The summed E-state index contributed by atoms with van der Waals surface area (Å²) in [5.41, 5.74) is 10.0. The molecule has 0 aliphatic carbocycles. The highest BCUT2D eigenvalue weighted by atomic mass is 15.3. The van der Waals surface area contributed by atoms with Gasteiger partial charge in [-0.3, -0.25) is 4.68 Å². The second-order valence-corrected chi connectivity index (χ2v) is 5.31. The quantitative estimate of drug-likeness (QED) is 0.927. The fraction of sp³-hybridized carbons (Fsp3) is 0.438. The van der Waals surface area contributed by atoms with Crippen LogP contribution in [0.1, 0.15) is 30.5 Å². The largest absolute Gasteiger partial charge is 0.363 e. The van der Waals surface area contributed by atoms with Gasteiger partial charge in [0.1, 0.15) is 0 Å². The molecule has 1 atom stereocenters. The first-order chi connectivity index (χ1) is 9.83. The summed E-state index contributed by atoms with van der Waals surface area (Å²) in [6, 6.07) is 8.89. The molecule has 1 aromatic heterocycles. The van der Waals surface area contributed by atoms with Crippen LogP contribution in [0.25, 0.3) is 0 Å². The number of hydrogen-bond donors (Lipinski definition) is 1. The fourth-order valence-corrected chi connectivity index (χ4v) is 3.05. The molecular formula is C16H22N4. The van der Waals surface area contributed by atoms with Gasteiger partial charge in [-0.05, 0) is 31.4 Å². The van der Waals surface area contributed by atoms with Crippen LogP contribution >= 0.6 is 0 Å². The van der Waals surface area contributed by atoms with Crippen molar-refractivity contribution < 1.29 is 0 Å². The van der Waals surface area contributed by atoms with Crippen LogP contribution in [-0.4, -0.2) is 22.9 Å². The molecule has 2 aromatic rings. The molecule has 0 amide bonds. The summed E-state index contributed by atoms with van der Waals surface area (Å²) >= 11 is 0. The van der Waals surface area contributed by atoms with E-state index in [4.69, 9.17) is 5.73 Å². The Morgan fingerprint density at radius 3 is 2.95 bits per heavy atom. The minimum atomic E-state index is 0.219. The van der Waals surface area contributed by atoms with Crippen molar-refractivity contribution in [3.8, 4) is 0 Å². The van der Waals surface area contributed by atoms with Crippen molar-refractivity contribution in [3.63, 3.8) is 0 Å². The number of hydrogen-bond acceptors (Lipinski definition) is 3. The number of aryl methyl sites for hydroxylation is 2. The molecule has 0 radical (unpaired) electrons. The average Bonchev–Trinajstić information content (AvgIpc) is 2.97. The zero-order chi connectivity index (χ0) is 13.9. The third-order valence-electron chi connectivity index (χ3n) is 4.11. The van der Waals surface area contributed by atoms with Crippen LogP contribution < -0.4 is 10.6 Å². The molecule has 2 heterocycles. The van der Waals surface area contributed by atoms with E-state index in [2.05, 4.69) is 47.4 Å². The summed E-state index contributed by atoms with van der Waals surface area (Å²) in [6.07, 6.45) is 6.43. The lowest BCUT2D eigenvalue weighted by Gasteiger charge is -2.37. The van der Waals surface area contributed by atoms with Crippen molar-refractivity contribution in [2.45, 2.75) is 32.4 Å². The van der Waals surface area contributed by atoms with Crippen molar-refractivity contribution >= 4 is 5.69 Å². The molecule has 0 saturated heterocycles. The third kappa shape index (κ3) is 2.31. The standard InChI is InChI=1S/C16H22N4/c1-2-19-12-14(11-18-19)16(10-17)20-9-5-7-13-6-3-4-8-15(13)20/h3-4,6,8,11-12,16H,2,5,7,9-10,17H2,1H3. The van der Waals surface area contributed by atoms with Gasteiger partial charge in [0.15, 0.2) is 0 Å². The Bertz CT molecular complexity index is 575. The van der Waals surface area contributed by atoms with Crippen molar-refractivity contribution in [1.82, 2.24) is 9.78 Å². The zero-order valence-corrected chi connectivity index (χ0v) is 12.0. The van der Waals surface area contributed by atoms with Gasteiger partial charge in [-0.1, -0.05) is 18.2 Å². The molecule has 0 bridgehead atoms. The van der Waals surface area contributed by atoms with Gasteiger partial charge in [0.05, 0.1) is 12.2 Å². The molecule has 4 nitrogen and oxygen atoms in total. The maximum atomic E-state index is 6.06. The van der Waals surface area contributed by atoms with Gasteiger partial charge < -0.3 is 10.6 Å². The summed E-state index contributed by atoms with van der Waals surface area (Å²) in [5, 5.41) is 4.39. The maximum Gasteiger partial charge on any atom is 0.0695 e. The molecule has 1 aromatic carbocycles. The van der Waals surface area contributed by atoms with Crippen molar-refractivity contribution in [2.24, 2.45) is 5.73 Å². The van der Waals surface area contributed by atoms with Crippen molar-refractivity contribution in [3.05, 3.63) is 47.8 Å². The molecule has 106 valence electrons. The summed E-state index contributed by atoms with van der Waals surface area (Å²) in [4.78, 5) is 2.44. The Hall–Kier alpha value is -1.81. The SMILES string of the molecule is CCn1cc(C(CN)N2CCCc3ccccc32)cn1. The van der Waals surface area contributed by atoms with E-state index in [0.29, 0.717) is 6.54 Å². The van der Waals surface area contributed by atoms with E-state index >= 15 is 0 Å². The van der Waals surface area contributed by atoms with Gasteiger partial charge in [-0.2, -0.15) is 5.10 Å². The summed E-state index contributed by atoms with van der Waals surface area (Å²) in [7, 11) is 0. The molecule has 3 rings (SSSR count). The highest BCUT2D eigenvalue weighted by molar-refractivity contribution is 5.57. The first-order valence-corrected chi connectivity index (χ1v) is 7.40. The summed E-state index contributed by atoms with van der Waals surface area (Å²) in [6.45, 7) is 4.68. The van der Waals surface area contributed by atoms with Gasteiger partial charge in [-0.15, -0.1) is 0 Å². The van der Waals surface area contributed by atoms with E-state index < -0.39 is 0 Å². The van der Waals surface area contributed by atoms with Crippen molar-refractivity contribution in [2.75, 3.05) is 18.0 Å². The molecule has 0 fully saturated rings. The monoisotopic (exact) mass is 270 g/mol. The van der Waals surface area contributed by atoms with Gasteiger partial charge >= 0.3 is 0 Å². The number of para-hydroxylation sites is 1. The normalized spacial score (nSPS) is 16.0. The van der Waals surface area contributed by atoms with Gasteiger partial charge in [0.2, 0.25) is 0 Å². The Kier molecular flexibility index (Phi) is 3.74. The first-order valence-electron chi connectivity index (χ1n) is 7.40. The number of fused-ring (bicyclic) bond motifs is 1. The number of benzene rings is 1. The van der Waals surface area contributed by atoms with Crippen LogP contribution in [0.4, 0.5) is 5.69 Å². The molecule has 1 unspecified atom stereocenters. The van der Waals surface area contributed by atoms with E-state index in [9.17, 15) is 0 Å². The van der Waals surface area contributed by atoms with Crippen LogP contribution in [0.3, 0.4) is 0 Å². The van der Waals surface area contributed by atoms with E-state index in [1.807, 2.05) is 10.9 Å². The Labute approximate surface area is 120 Å². The average molecular weight is 270 g/mol. The lowest BCUT2D eigenvalue weighted by Crippen LogP contribution is -2.37. The molecule has 4 heteroatoms. The molecule has 0 spiro atoms. The molecular weight excluding hydrogens is 248 g/mol. The van der Waals surface area contributed by atoms with Crippen LogP contribution in [-0.2, 0) is 13.0 Å². The lowest BCUT2D eigenvalue weighted by atomic mass is 9.98. The van der Waals surface area contributed by atoms with Crippen LogP contribution in [0, 0.1) is 0 Å². The Morgan fingerprint density at radius 1 is 1.35 bits per heavy atom. The van der Waals surface area contributed by atoms with Gasteiger partial charge in [0, 0.05) is 37.1 Å². The van der Waals surface area contributed by atoms with Crippen LogP contribution in [0.2, 0.25) is 0 Å². The number of aromatic nitrogens is 2. The molecule has 1 aliphatic rings. The maximum absolute atomic E-state index is 6.06. The molecule has 0 saturated carbocycles. The van der Waals surface area contributed by atoms with Crippen molar-refractivity contribution in [1.29, 1.82) is 0 Å². The minimum absolute atomic E-state index is 0.219. The van der Waals surface area contributed by atoms with E-state index in [-0.39, 0.29) is 6.04 Å². The number of anilines is 1. The van der Waals surface area contributed by atoms with E-state index in [1.165, 1.54) is 23.2 Å². The number of rotatable bonds is 4. The van der Waals surface area contributed by atoms with Crippen LogP contribution in [0.5, 0.6) is 0 Å². The molecule has 20 heavy (non-hydrogen) atoms. The van der Waals surface area contributed by atoms with E-state index in [1.54, 1.807) is 0 Å². The highest BCUT2D eigenvalue weighted by Gasteiger charge is 2.25. The predicted molar refractivity (Wildman–Crippen MR) is 81.8 cm³/mol. The Morgan fingerprint density at radius 2 is 2.20 bits per heavy atom. The molecule has 2 N–H and O–H groups in total. The summed E-state index contributed by atoms with van der Waals surface area (Å²) in [5.74, 6) is 0. The first kappa shape index (κ1) is 13.2. The second-order valence-electron chi connectivity index (χ2n) is 5.31. The topological polar surface area (TPSA) is 47.1 Å². The summed E-state index contributed by atoms with van der Waals surface area (Å²) < 4.78 is 1.97. The fourth-order valence-electron chi connectivity index (χ4n) is 3.05. The van der Waals surface area contributed by atoms with Crippen LogP contribution in [0.15, 0.2) is 36.7 Å². The van der Waals surface area contributed by atoms with Gasteiger partial charge in [0.25, 0.3) is 0 Å². The second kappa shape index (κ2) is 5.67. The third-order valence-corrected chi connectivity index (χ3v) is 4.11. The molecule has 1 aliphatic heterocycles. The number of nitrogens with two attached hydrogens (primary N) is 1. The lowest BCUT2D eigenvalue weighted by molar-refractivity contribution is 0.586. The highest BCUT2D eigenvalue weighted by Crippen LogP contribution is 2.33.